The Morgan fingerprint density at radius 2 is 1.27 bits per heavy atom. The number of anilines is 2. The van der Waals surface area contributed by atoms with Crippen molar-refractivity contribution in [3.63, 3.8) is 0 Å². The lowest BCUT2D eigenvalue weighted by atomic mass is 9.95. The van der Waals surface area contributed by atoms with Crippen LogP contribution in [0.15, 0.2) is 36.4 Å². The van der Waals surface area contributed by atoms with E-state index in [1.165, 1.54) is 7.11 Å². The number of nitrogens with zero attached hydrogens (tertiary/aromatic N) is 12. The summed E-state index contributed by atoms with van der Waals surface area (Å²) >= 11 is 0. The lowest BCUT2D eigenvalue weighted by Crippen LogP contribution is -2.36. The zero-order chi connectivity index (χ0) is 49.9. The molecule has 2 aliphatic heterocycles. The number of hydrogen-bond acceptors (Lipinski definition) is 14. The van der Waals surface area contributed by atoms with Crippen molar-refractivity contribution in [2.75, 3.05) is 50.5 Å². The number of aromatic nitrogens is 11. The molecule has 2 aromatic carbocycles. The smallest absolute Gasteiger partial charge is 0.276 e. The number of likely N-dealkylation sites (tertiary alicyclic amines) is 1. The van der Waals surface area contributed by atoms with Crippen molar-refractivity contribution in [2.45, 2.75) is 105 Å². The van der Waals surface area contributed by atoms with E-state index in [-0.39, 0.29) is 23.0 Å². The molecule has 1 fully saturated rings. The van der Waals surface area contributed by atoms with E-state index in [1.807, 2.05) is 36.8 Å². The Kier molecular flexibility index (Phi) is 14.1. The van der Waals surface area contributed by atoms with Gasteiger partial charge in [0.05, 0.1) is 42.7 Å². The predicted octanol–water partition coefficient (Wildman–Crippen LogP) is 3.97. The van der Waals surface area contributed by atoms with Crippen LogP contribution in [0.3, 0.4) is 0 Å². The zero-order valence-corrected chi connectivity index (χ0v) is 40.8. The van der Waals surface area contributed by atoms with Gasteiger partial charge in [0.25, 0.3) is 11.8 Å². The zero-order valence-electron chi connectivity index (χ0n) is 40.8. The first kappa shape index (κ1) is 48.4. The minimum Gasteiger partial charge on any atom is -0.494 e. The molecule has 0 aliphatic carbocycles. The normalized spacial score (nSPS) is 14.3. The van der Waals surface area contributed by atoms with Crippen LogP contribution in [0.4, 0.5) is 11.9 Å². The van der Waals surface area contributed by atoms with E-state index in [4.69, 9.17) is 30.9 Å². The standard InChI is InChI=1S/C48H61N17O6/c1-6-64-35(21-28(3)58-64)45(68)54-47-52-33-23-31(42(49)66)25-37(70-5)40(33)62(47)15-8-9-16-63-41-34(53-48(63)55-46(69)36-22-29(4)59-65(36)7-2)24-32(43(50)67)26-38(41)71-20-10-14-60-17-11-30(12-18-60)44-57-56-39-27-51-13-19-61(39)44/h21-26,30,51H,6-20,27H2,1-5H3,(H2,49,66)(H2,50,67)(H,52,54,68)(H,53,55,69). The lowest BCUT2D eigenvalue weighted by molar-refractivity contribution is 0.0991. The maximum absolute atomic E-state index is 14.0. The molecule has 0 unspecified atom stereocenters. The molecule has 7 heterocycles. The molecule has 23 heteroatoms. The highest BCUT2D eigenvalue weighted by Crippen LogP contribution is 2.34. The third kappa shape index (κ3) is 10.0. The molecule has 4 amide bonds. The van der Waals surface area contributed by atoms with Crippen LogP contribution in [0.25, 0.3) is 22.1 Å². The summed E-state index contributed by atoms with van der Waals surface area (Å²) in [7, 11) is 1.49. The number of nitrogens with one attached hydrogen (secondary N) is 3. The lowest BCUT2D eigenvalue weighted by Gasteiger charge is -2.32. The molecule has 71 heavy (non-hydrogen) atoms. The van der Waals surface area contributed by atoms with Crippen molar-refractivity contribution < 1.29 is 28.7 Å². The highest BCUT2D eigenvalue weighted by Gasteiger charge is 2.28. The highest BCUT2D eigenvalue weighted by atomic mass is 16.5. The van der Waals surface area contributed by atoms with E-state index in [0.717, 1.165) is 70.2 Å². The second-order valence-electron chi connectivity index (χ2n) is 18.0. The molecular formula is C48H61N17O6. The third-order valence-electron chi connectivity index (χ3n) is 13.2. The molecular weight excluding hydrogens is 911 g/mol. The first-order valence-electron chi connectivity index (χ1n) is 24.3. The molecule has 0 saturated carbocycles. The van der Waals surface area contributed by atoms with E-state index < -0.39 is 23.6 Å². The molecule has 9 rings (SSSR count). The number of amides is 4. The summed E-state index contributed by atoms with van der Waals surface area (Å²) in [5, 5.41) is 27.3. The van der Waals surface area contributed by atoms with Gasteiger partial charge in [-0.3, -0.25) is 39.2 Å². The summed E-state index contributed by atoms with van der Waals surface area (Å²) in [6, 6.07) is 9.79. The summed E-state index contributed by atoms with van der Waals surface area (Å²) in [5.74, 6) is 1.61. The van der Waals surface area contributed by atoms with E-state index in [9.17, 15) is 19.2 Å². The summed E-state index contributed by atoms with van der Waals surface area (Å²) in [6.07, 6.45) is 3.78. The summed E-state index contributed by atoms with van der Waals surface area (Å²) < 4.78 is 21.6. The van der Waals surface area contributed by atoms with Crippen LogP contribution in [0.5, 0.6) is 11.5 Å². The highest BCUT2D eigenvalue weighted by molar-refractivity contribution is 6.05. The number of carbonyl (C=O) groups excluding carboxylic acids is 4. The minimum atomic E-state index is -0.653. The predicted molar refractivity (Wildman–Crippen MR) is 264 cm³/mol. The topological polar surface area (TPSA) is 280 Å². The fourth-order valence-electron chi connectivity index (χ4n) is 9.75. The molecule has 23 nitrogen and oxygen atoms in total. The van der Waals surface area contributed by atoms with E-state index in [1.54, 1.807) is 45.8 Å². The molecule has 2 aliphatic rings. The van der Waals surface area contributed by atoms with Gasteiger partial charge in [-0.15, -0.1) is 10.2 Å². The number of nitrogens with two attached hydrogens (primary N) is 2. The molecule has 0 bridgehead atoms. The number of imidazole rings is 2. The van der Waals surface area contributed by atoms with Crippen LogP contribution < -0.4 is 36.9 Å². The second-order valence-corrected chi connectivity index (χ2v) is 18.0. The third-order valence-corrected chi connectivity index (χ3v) is 13.2. The number of hydrogen-bond donors (Lipinski definition) is 5. The van der Waals surface area contributed by atoms with Crippen LogP contribution in [0.1, 0.15) is 117 Å². The number of fused-ring (bicyclic) bond motifs is 3. The summed E-state index contributed by atoms with van der Waals surface area (Å²) in [6.45, 7) is 14.7. The summed E-state index contributed by atoms with van der Waals surface area (Å²) in [5.41, 5.74) is 16.1. The summed E-state index contributed by atoms with van der Waals surface area (Å²) in [4.78, 5) is 64.9. The van der Waals surface area contributed by atoms with Crippen LogP contribution in [-0.2, 0) is 39.3 Å². The SMILES string of the molecule is CCn1nc(C)cc1C(=O)Nc1nc2cc(C(N)=O)cc(OC)c2n1CCCCn1c(NC(=O)c2cc(C)nn2CC)nc2cc(C(N)=O)cc(OCCCN3CCC(c4nnc5n4CCNC5)CC3)c21. The van der Waals surface area contributed by atoms with Crippen LogP contribution >= 0.6 is 0 Å². The van der Waals surface area contributed by atoms with E-state index in [2.05, 4.69) is 45.8 Å². The van der Waals surface area contributed by atoms with Crippen LogP contribution in [0.2, 0.25) is 0 Å². The Morgan fingerprint density at radius 1 is 0.718 bits per heavy atom. The molecule has 5 aromatic heterocycles. The van der Waals surface area contributed by atoms with Gasteiger partial charge in [-0.1, -0.05) is 0 Å². The second kappa shape index (κ2) is 20.7. The van der Waals surface area contributed by atoms with E-state index in [0.29, 0.717) is 108 Å². The average Bonchev–Trinajstić information content (AvgIpc) is 4.20. The largest absolute Gasteiger partial charge is 0.494 e. The number of benzene rings is 2. The maximum Gasteiger partial charge on any atom is 0.276 e. The molecule has 0 radical (unpaired) electrons. The molecule has 7 N–H and O–H groups in total. The van der Waals surface area contributed by atoms with Crippen LogP contribution in [-0.4, -0.2) is 122 Å². The van der Waals surface area contributed by atoms with Gasteiger partial charge in [0.2, 0.25) is 23.7 Å². The Balaban J connectivity index is 0.969. The number of unbranched alkanes of at least 4 members (excludes halogenated alkanes) is 1. The molecule has 7 aromatic rings. The van der Waals surface area contributed by atoms with Gasteiger partial charge in [-0.25, -0.2) is 9.97 Å². The number of carbonyl (C=O) groups is 4. The fraction of sp³-hybridized carbons (Fsp3) is 0.458. The number of rotatable bonds is 20. The van der Waals surface area contributed by atoms with E-state index >= 15 is 0 Å². The van der Waals surface area contributed by atoms with Gasteiger partial charge in [0, 0.05) is 62.9 Å². The van der Waals surface area contributed by atoms with Gasteiger partial charge in [0.15, 0.2) is 0 Å². The fourth-order valence-corrected chi connectivity index (χ4v) is 9.75. The molecule has 0 atom stereocenters. The van der Waals surface area contributed by atoms with Gasteiger partial charge >= 0.3 is 0 Å². The van der Waals surface area contributed by atoms with Gasteiger partial charge in [0.1, 0.15) is 45.6 Å². The maximum atomic E-state index is 14.0. The quantitative estimate of drug-likeness (QED) is 0.0677. The number of piperidine rings is 1. The Labute approximate surface area is 409 Å². The molecule has 1 saturated heterocycles. The van der Waals surface area contributed by atoms with Crippen molar-refractivity contribution in [1.29, 1.82) is 0 Å². The van der Waals surface area contributed by atoms with Crippen molar-refractivity contribution in [1.82, 2.24) is 63.6 Å². The Morgan fingerprint density at radius 3 is 1.80 bits per heavy atom. The first-order valence-corrected chi connectivity index (χ1v) is 24.3. The Hall–Kier alpha value is -7.66. The van der Waals surface area contributed by atoms with Crippen molar-refractivity contribution in [3.05, 3.63) is 81.9 Å². The number of ether oxygens (including phenoxy) is 2. The van der Waals surface area contributed by atoms with Gasteiger partial charge in [-0.2, -0.15) is 10.2 Å². The van der Waals surface area contributed by atoms with Gasteiger partial charge in [-0.05, 0) is 109 Å². The number of methoxy groups -OCH3 is 1. The van der Waals surface area contributed by atoms with Crippen molar-refractivity contribution in [3.8, 4) is 11.5 Å². The monoisotopic (exact) mass is 971 g/mol. The minimum absolute atomic E-state index is 0.202. The first-order chi connectivity index (χ1) is 34.3. The average molecular weight is 972 g/mol. The van der Waals surface area contributed by atoms with Crippen molar-refractivity contribution in [2.24, 2.45) is 11.5 Å². The van der Waals surface area contributed by atoms with Crippen molar-refractivity contribution >= 4 is 57.6 Å². The molecule has 374 valence electrons. The van der Waals surface area contributed by atoms with Gasteiger partial charge < -0.3 is 44.9 Å². The van der Waals surface area contributed by atoms with Crippen LogP contribution in [0, 0.1) is 13.8 Å². The Bertz CT molecular complexity index is 3130. The number of aryl methyl sites for hydroxylation is 6. The molecule has 0 spiro atoms. The number of primary amides is 2.